The van der Waals surface area contributed by atoms with Crippen molar-refractivity contribution >= 4 is 17.7 Å². The molecule has 5 fully saturated rings. The van der Waals surface area contributed by atoms with Gasteiger partial charge in [0.1, 0.15) is 17.4 Å². The highest BCUT2D eigenvalue weighted by atomic mass is 16.5. The van der Waals surface area contributed by atoms with Crippen LogP contribution in [0.15, 0.2) is 42.5 Å². The molecule has 8 nitrogen and oxygen atoms in total. The number of carbonyl (C=O) groups is 3. The second-order valence-corrected chi connectivity index (χ2v) is 11.6. The van der Waals surface area contributed by atoms with Crippen LogP contribution in [-0.2, 0) is 16.1 Å². The molecule has 1 N–H and O–H groups in total. The molecule has 2 aliphatic carbocycles. The lowest BCUT2D eigenvalue weighted by molar-refractivity contribution is -0.160. The summed E-state index contributed by atoms with van der Waals surface area (Å²) in [5.41, 5.74) is 2.54. The van der Waals surface area contributed by atoms with Crippen molar-refractivity contribution in [2.75, 3.05) is 13.1 Å². The van der Waals surface area contributed by atoms with E-state index in [0.29, 0.717) is 42.5 Å². The number of piperidine rings is 2. The number of benzene rings is 2. The first-order valence-corrected chi connectivity index (χ1v) is 13.7. The van der Waals surface area contributed by atoms with E-state index in [9.17, 15) is 19.6 Å². The van der Waals surface area contributed by atoms with E-state index in [1.165, 1.54) is 12.0 Å². The maximum Gasteiger partial charge on any atom is 0.255 e. The monoisotopic (exact) mass is 510 g/mol. The average Bonchev–Trinajstić information content (AvgIpc) is 3.19. The molecule has 8 rings (SSSR count). The Morgan fingerprint density at radius 2 is 1.82 bits per heavy atom. The zero-order valence-electron chi connectivity index (χ0n) is 21.2. The number of carbonyl (C=O) groups excluding carboxylic acids is 3. The van der Waals surface area contributed by atoms with E-state index in [1.807, 2.05) is 36.4 Å². The Morgan fingerprint density at radius 3 is 2.61 bits per heavy atom. The zero-order chi connectivity index (χ0) is 26.0. The molecule has 6 aliphatic rings. The number of fused-ring (bicyclic) bond motifs is 3. The van der Waals surface area contributed by atoms with Crippen LogP contribution in [0.1, 0.15) is 71.5 Å². The summed E-state index contributed by atoms with van der Waals surface area (Å²) < 4.78 is 6.58. The van der Waals surface area contributed by atoms with Gasteiger partial charge in [0, 0.05) is 43.1 Å². The molecule has 2 atom stereocenters. The topological polar surface area (TPSA) is 103 Å². The van der Waals surface area contributed by atoms with Crippen molar-refractivity contribution in [3.63, 3.8) is 0 Å². The smallest absolute Gasteiger partial charge is 0.255 e. The molecule has 2 aromatic carbocycles. The number of nitrogens with zero attached hydrogens (tertiary/aromatic N) is 3. The summed E-state index contributed by atoms with van der Waals surface area (Å²) in [6.45, 7) is 2.31. The van der Waals surface area contributed by atoms with Gasteiger partial charge in [-0.25, -0.2) is 0 Å². The van der Waals surface area contributed by atoms with Gasteiger partial charge in [-0.05, 0) is 73.6 Å². The number of amides is 3. The Hall–Kier alpha value is -3.70. The molecule has 0 spiro atoms. The molecular weight excluding hydrogens is 480 g/mol. The minimum atomic E-state index is -0.898. The molecule has 3 saturated heterocycles. The zero-order valence-corrected chi connectivity index (χ0v) is 21.2. The fourth-order valence-corrected chi connectivity index (χ4v) is 7.18. The molecule has 3 amide bonds. The molecule has 2 saturated carbocycles. The Morgan fingerprint density at radius 1 is 1.00 bits per heavy atom. The normalized spacial score (nSPS) is 30.7. The minimum Gasteiger partial charge on any atom is -0.489 e. The first-order valence-electron chi connectivity index (χ1n) is 13.7. The van der Waals surface area contributed by atoms with E-state index < -0.39 is 5.54 Å². The van der Waals surface area contributed by atoms with Gasteiger partial charge >= 0.3 is 0 Å². The van der Waals surface area contributed by atoms with Crippen LogP contribution < -0.4 is 10.1 Å². The Balaban J connectivity index is 1.03. The van der Waals surface area contributed by atoms with Crippen molar-refractivity contribution in [2.45, 2.75) is 68.7 Å². The summed E-state index contributed by atoms with van der Waals surface area (Å²) in [7, 11) is 0. The fourth-order valence-electron chi connectivity index (χ4n) is 7.18. The molecule has 8 heteroatoms. The van der Waals surface area contributed by atoms with E-state index in [1.54, 1.807) is 4.90 Å². The van der Waals surface area contributed by atoms with Crippen LogP contribution in [0.2, 0.25) is 0 Å². The summed E-state index contributed by atoms with van der Waals surface area (Å²) in [6, 6.07) is 16.2. The van der Waals surface area contributed by atoms with Crippen molar-refractivity contribution in [2.24, 2.45) is 5.92 Å². The fraction of sp³-hybridized carbons (Fsp3) is 0.467. The van der Waals surface area contributed by atoms with Crippen molar-refractivity contribution in [1.82, 2.24) is 15.1 Å². The molecule has 2 aromatic rings. The van der Waals surface area contributed by atoms with Gasteiger partial charge in [-0.1, -0.05) is 18.6 Å². The quantitative estimate of drug-likeness (QED) is 0.620. The third-order valence-corrected chi connectivity index (χ3v) is 9.42. The largest absolute Gasteiger partial charge is 0.489 e. The highest BCUT2D eigenvalue weighted by molar-refractivity contribution is 6.10. The highest BCUT2D eigenvalue weighted by Gasteiger charge is 2.63. The van der Waals surface area contributed by atoms with Gasteiger partial charge in [0.05, 0.1) is 11.6 Å². The third kappa shape index (κ3) is 3.56. The number of nitriles is 1. The number of hydrogen-bond acceptors (Lipinski definition) is 6. The summed E-state index contributed by atoms with van der Waals surface area (Å²) in [6.07, 6.45) is 5.35. The van der Waals surface area contributed by atoms with Crippen LogP contribution in [0.4, 0.5) is 0 Å². The van der Waals surface area contributed by atoms with E-state index >= 15 is 0 Å². The van der Waals surface area contributed by atoms with Crippen LogP contribution in [0, 0.1) is 17.2 Å². The Bertz CT molecular complexity index is 1380. The van der Waals surface area contributed by atoms with E-state index in [4.69, 9.17) is 4.74 Å². The Labute approximate surface area is 221 Å². The number of imide groups is 1. The first kappa shape index (κ1) is 23.4. The summed E-state index contributed by atoms with van der Waals surface area (Å²) >= 11 is 0. The molecule has 4 heterocycles. The van der Waals surface area contributed by atoms with Gasteiger partial charge in [0.2, 0.25) is 5.91 Å². The lowest BCUT2D eigenvalue weighted by Crippen LogP contribution is -2.73. The molecule has 0 radical (unpaired) electrons. The van der Waals surface area contributed by atoms with Crippen molar-refractivity contribution in [3.05, 3.63) is 64.7 Å². The third-order valence-electron chi connectivity index (χ3n) is 9.42. The first-order chi connectivity index (χ1) is 18.4. The molecule has 4 aliphatic heterocycles. The maximum absolute atomic E-state index is 13.2. The van der Waals surface area contributed by atoms with Crippen molar-refractivity contribution in [3.8, 4) is 11.8 Å². The summed E-state index contributed by atoms with van der Waals surface area (Å²) in [5, 5.41) is 11.7. The predicted molar refractivity (Wildman–Crippen MR) is 137 cm³/mol. The van der Waals surface area contributed by atoms with Crippen LogP contribution in [-0.4, -0.2) is 58.3 Å². The number of rotatable bonds is 5. The van der Waals surface area contributed by atoms with Crippen LogP contribution in [0.25, 0.3) is 0 Å². The molecule has 194 valence electrons. The molecule has 1 unspecified atom stereocenters. The molecular formula is C30H30N4O4. The Kier molecular flexibility index (Phi) is 5.34. The van der Waals surface area contributed by atoms with Gasteiger partial charge in [0.15, 0.2) is 0 Å². The highest BCUT2D eigenvalue weighted by Crippen LogP contribution is 2.49. The second-order valence-electron chi connectivity index (χ2n) is 11.6. The molecule has 38 heavy (non-hydrogen) atoms. The standard InChI is InChI=1S/C30H30N4O4/c31-14-18-4-3-5-19(10-18)22-15-33(16-22)25-6-1-2-7-26(25)38-23-8-9-24-20(11-23)17-34(28(24)36)30-12-21(13-30)27(35)32-29(30)37/h3-5,8-11,21-22,25-26H,1-2,6-7,12-13,15-17H2,(H,32,35,37)/t21?,25?,26-,30?/m1/s1. The SMILES string of the molecule is N#Cc1cccc(C2CN(C3CCCC[C@H]3Oc3ccc4c(c3)CN(C35CC(C3)C(=O)NC5=O)C4=O)C2)c1. The predicted octanol–water partition coefficient (Wildman–Crippen LogP) is 3.11. The van der Waals surface area contributed by atoms with Crippen LogP contribution in [0.5, 0.6) is 5.75 Å². The van der Waals surface area contributed by atoms with Gasteiger partial charge in [-0.15, -0.1) is 0 Å². The lowest BCUT2D eigenvalue weighted by atomic mass is 9.63. The van der Waals surface area contributed by atoms with E-state index in [-0.39, 0.29) is 29.7 Å². The van der Waals surface area contributed by atoms with Crippen LogP contribution in [0.3, 0.4) is 0 Å². The number of likely N-dealkylation sites (tertiary alicyclic amines) is 1. The second kappa shape index (κ2) is 8.67. The molecule has 2 bridgehead atoms. The molecule has 0 aromatic heterocycles. The lowest BCUT2D eigenvalue weighted by Gasteiger charge is -2.53. The van der Waals surface area contributed by atoms with Crippen LogP contribution >= 0.6 is 0 Å². The minimum absolute atomic E-state index is 0.0857. The number of ether oxygens (including phenoxy) is 1. The maximum atomic E-state index is 13.2. The average molecular weight is 511 g/mol. The summed E-state index contributed by atoms with van der Waals surface area (Å²) in [4.78, 5) is 42.0. The van der Waals surface area contributed by atoms with Gasteiger partial charge in [0.25, 0.3) is 11.8 Å². The van der Waals surface area contributed by atoms with E-state index in [2.05, 4.69) is 22.4 Å². The summed E-state index contributed by atoms with van der Waals surface area (Å²) in [5.74, 6) is 0.324. The van der Waals surface area contributed by atoms with Crippen molar-refractivity contribution in [1.29, 1.82) is 5.26 Å². The van der Waals surface area contributed by atoms with Gasteiger partial charge < -0.3 is 9.64 Å². The van der Waals surface area contributed by atoms with Crippen molar-refractivity contribution < 1.29 is 19.1 Å². The van der Waals surface area contributed by atoms with E-state index in [0.717, 1.165) is 43.7 Å². The van der Waals surface area contributed by atoms with Gasteiger partial charge in [-0.2, -0.15) is 5.26 Å². The van der Waals surface area contributed by atoms with Gasteiger partial charge in [-0.3, -0.25) is 24.6 Å². The number of hydrogen-bond donors (Lipinski definition) is 1. The number of nitrogens with one attached hydrogen (secondary N) is 1.